The number of hydrogen-bond acceptors (Lipinski definition) is 4. The van der Waals surface area contributed by atoms with Crippen molar-refractivity contribution in [2.75, 3.05) is 0 Å². The Morgan fingerprint density at radius 3 is 2.20 bits per heavy atom. The molecule has 7 heteroatoms. The zero-order valence-corrected chi connectivity index (χ0v) is 21.5. The van der Waals surface area contributed by atoms with Crippen LogP contribution in [0.25, 0.3) is 45.4 Å². The zero-order valence-electron chi connectivity index (χ0n) is 18.3. The van der Waals surface area contributed by atoms with Crippen LogP contribution in [0, 0.1) is 6.07 Å². The van der Waals surface area contributed by atoms with E-state index in [4.69, 9.17) is 9.54 Å². The van der Waals surface area contributed by atoms with Crippen LogP contribution in [0.3, 0.4) is 0 Å². The van der Waals surface area contributed by atoms with E-state index in [9.17, 15) is 8.42 Å². The Morgan fingerprint density at radius 2 is 1.54 bits per heavy atom. The Kier molecular flexibility index (Phi) is 7.34. The minimum atomic E-state index is -4.11. The van der Waals surface area contributed by atoms with Gasteiger partial charge >= 0.3 is 10.1 Å². The minimum Gasteiger partial charge on any atom is -0.296 e. The van der Waals surface area contributed by atoms with Gasteiger partial charge in [-0.25, -0.2) is 4.98 Å². The number of pyridine rings is 2. The van der Waals surface area contributed by atoms with E-state index in [0.29, 0.717) is 0 Å². The van der Waals surface area contributed by atoms with Crippen LogP contribution >= 0.6 is 0 Å². The third-order valence-corrected chi connectivity index (χ3v) is 6.21. The average molecular weight is 656 g/mol. The molecule has 0 aliphatic heterocycles. The normalized spacial score (nSPS) is 11.5. The summed E-state index contributed by atoms with van der Waals surface area (Å²) >= 11 is 0. The van der Waals surface area contributed by atoms with Crippen LogP contribution in [-0.2, 0) is 30.2 Å². The van der Waals surface area contributed by atoms with Crippen LogP contribution in [0.1, 0.15) is 11.1 Å². The van der Waals surface area contributed by atoms with Crippen molar-refractivity contribution in [3.05, 3.63) is 114 Å². The SMILES string of the molecule is O=S(=O)(O)c1ccccn1.[Ir].[c-]1cc(-c2ccccc2)ccc1-c1cc2c3c(cccc3n1)C=C2. The summed E-state index contributed by atoms with van der Waals surface area (Å²) < 4.78 is 29.1. The van der Waals surface area contributed by atoms with Crippen molar-refractivity contribution < 1.29 is 33.1 Å². The predicted molar refractivity (Wildman–Crippen MR) is 134 cm³/mol. The summed E-state index contributed by atoms with van der Waals surface area (Å²) in [4.78, 5) is 8.25. The van der Waals surface area contributed by atoms with E-state index in [2.05, 4.69) is 83.9 Å². The van der Waals surface area contributed by atoms with Crippen molar-refractivity contribution in [1.29, 1.82) is 0 Å². The Balaban J connectivity index is 0.000000224. The van der Waals surface area contributed by atoms with Gasteiger partial charge in [0.25, 0.3) is 0 Å². The van der Waals surface area contributed by atoms with Gasteiger partial charge in [-0.05, 0) is 35.0 Å². The molecule has 0 saturated carbocycles. The predicted octanol–water partition coefficient (Wildman–Crippen LogP) is 6.18. The van der Waals surface area contributed by atoms with Crippen LogP contribution in [0.2, 0.25) is 0 Å². The molecule has 6 rings (SSSR count). The molecule has 0 unspecified atom stereocenters. The van der Waals surface area contributed by atoms with Crippen LogP contribution in [-0.4, -0.2) is 22.9 Å². The van der Waals surface area contributed by atoms with Gasteiger partial charge in [0.2, 0.25) is 0 Å². The van der Waals surface area contributed by atoms with Gasteiger partial charge in [-0.1, -0.05) is 77.9 Å². The second-order valence-electron chi connectivity index (χ2n) is 7.67. The monoisotopic (exact) mass is 656 g/mol. The van der Waals surface area contributed by atoms with Crippen LogP contribution in [0.15, 0.2) is 102 Å². The van der Waals surface area contributed by atoms with Gasteiger partial charge < -0.3 is 0 Å². The van der Waals surface area contributed by atoms with E-state index in [-0.39, 0.29) is 25.1 Å². The molecule has 0 atom stereocenters. The Labute approximate surface area is 217 Å². The number of aromatic nitrogens is 2. The van der Waals surface area contributed by atoms with Gasteiger partial charge in [-0.15, -0.1) is 29.8 Å². The van der Waals surface area contributed by atoms with Gasteiger partial charge in [0.1, 0.15) is 0 Å². The topological polar surface area (TPSA) is 80.2 Å². The first kappa shape index (κ1) is 24.6. The maximum absolute atomic E-state index is 10.3. The van der Waals surface area contributed by atoms with E-state index in [0.717, 1.165) is 16.8 Å². The molecule has 0 fully saturated rings. The first-order chi connectivity index (χ1) is 16.5. The molecule has 3 aromatic carbocycles. The maximum atomic E-state index is 10.3. The van der Waals surface area contributed by atoms with Crippen LogP contribution in [0.5, 0.6) is 0 Å². The molecule has 1 radical (unpaired) electrons. The average Bonchev–Trinajstić information content (AvgIpc) is 3.30. The quantitative estimate of drug-likeness (QED) is 0.182. The summed E-state index contributed by atoms with van der Waals surface area (Å²) in [6.45, 7) is 0. The second kappa shape index (κ2) is 10.4. The summed E-state index contributed by atoms with van der Waals surface area (Å²) in [5, 5.41) is 0.928. The van der Waals surface area contributed by atoms with Gasteiger partial charge in [-0.3, -0.25) is 9.54 Å². The summed E-state index contributed by atoms with van der Waals surface area (Å²) in [6.07, 6.45) is 5.62. The van der Waals surface area contributed by atoms with Crippen LogP contribution < -0.4 is 0 Å². The van der Waals surface area contributed by atoms with E-state index in [1.807, 2.05) is 12.1 Å². The molecule has 175 valence electrons. The molecular formula is C28H19IrN2O3S-. The fraction of sp³-hybridized carbons (Fsp3) is 0. The first-order valence-corrected chi connectivity index (χ1v) is 12.0. The van der Waals surface area contributed by atoms with E-state index >= 15 is 0 Å². The summed E-state index contributed by atoms with van der Waals surface area (Å²) in [5.41, 5.74) is 7.92. The van der Waals surface area contributed by atoms with Gasteiger partial charge in [0.05, 0.1) is 5.52 Å². The summed E-state index contributed by atoms with van der Waals surface area (Å²) in [7, 11) is -4.11. The molecule has 0 saturated heterocycles. The Morgan fingerprint density at radius 1 is 0.771 bits per heavy atom. The molecule has 0 bridgehead atoms. The zero-order chi connectivity index (χ0) is 23.5. The Bertz CT molecular complexity index is 1600. The van der Waals surface area contributed by atoms with Crippen molar-refractivity contribution in [2.45, 2.75) is 5.03 Å². The molecule has 2 heterocycles. The fourth-order valence-electron chi connectivity index (χ4n) is 3.83. The molecule has 5 nitrogen and oxygen atoms in total. The van der Waals surface area contributed by atoms with E-state index in [1.165, 1.54) is 46.0 Å². The number of rotatable bonds is 3. The maximum Gasteiger partial charge on any atom is 0.312 e. The van der Waals surface area contributed by atoms with Crippen molar-refractivity contribution in [3.63, 3.8) is 0 Å². The third-order valence-electron chi connectivity index (χ3n) is 5.44. The minimum absolute atomic E-state index is 0. The molecule has 0 amide bonds. The van der Waals surface area contributed by atoms with Gasteiger partial charge in [-0.2, -0.15) is 8.42 Å². The number of benzene rings is 3. The molecule has 5 aromatic rings. The van der Waals surface area contributed by atoms with E-state index in [1.54, 1.807) is 6.07 Å². The van der Waals surface area contributed by atoms with Crippen molar-refractivity contribution in [2.24, 2.45) is 0 Å². The largest absolute Gasteiger partial charge is 0.312 e. The molecule has 35 heavy (non-hydrogen) atoms. The molecule has 1 aliphatic rings. The van der Waals surface area contributed by atoms with E-state index < -0.39 is 10.1 Å². The standard InChI is InChI=1S/C23H14N.C5H5NO3S.Ir/c1-2-5-16(6-3-1)17-9-11-18(12-10-17)22-15-20-14-13-19-7-4-8-21(24-22)23(19)20;7-10(8,9)5-3-1-2-4-6-5;/h1-11,13-15H;1-4H,(H,7,8,9);/q-1;;. The molecule has 0 spiro atoms. The van der Waals surface area contributed by atoms with Crippen LogP contribution in [0.4, 0.5) is 0 Å². The smallest absolute Gasteiger partial charge is 0.296 e. The van der Waals surface area contributed by atoms with Crippen molar-refractivity contribution >= 4 is 33.2 Å². The first-order valence-electron chi connectivity index (χ1n) is 10.6. The Hall–Kier alpha value is -3.48. The summed E-state index contributed by atoms with van der Waals surface area (Å²) in [5.74, 6) is 0. The molecular weight excluding hydrogens is 637 g/mol. The number of hydrogen-bond donors (Lipinski definition) is 1. The molecule has 1 N–H and O–H groups in total. The third kappa shape index (κ3) is 5.45. The van der Waals surface area contributed by atoms with Gasteiger partial charge in [0, 0.05) is 31.7 Å². The fourth-order valence-corrected chi connectivity index (χ4v) is 4.27. The van der Waals surface area contributed by atoms with Crippen molar-refractivity contribution in [3.8, 4) is 22.4 Å². The number of nitrogens with zero attached hydrogens (tertiary/aromatic N) is 2. The summed E-state index contributed by atoms with van der Waals surface area (Å²) in [6, 6.07) is 32.8. The molecule has 2 aromatic heterocycles. The van der Waals surface area contributed by atoms with Gasteiger partial charge in [0.15, 0.2) is 5.03 Å². The molecule has 1 aliphatic carbocycles. The second-order valence-corrected chi connectivity index (χ2v) is 9.04. The van der Waals surface area contributed by atoms with Crippen molar-refractivity contribution in [1.82, 2.24) is 9.97 Å².